The van der Waals surface area contributed by atoms with Crippen LogP contribution in [0.5, 0.6) is 0 Å². The maximum absolute atomic E-state index is 1.61. The van der Waals surface area contributed by atoms with Gasteiger partial charge in [0, 0.05) is 16.5 Å². The summed E-state index contributed by atoms with van der Waals surface area (Å²) in [6.45, 7) is 0. The molecule has 0 atom stereocenters. The Kier molecular flexibility index (Phi) is 10.1. The summed E-state index contributed by atoms with van der Waals surface area (Å²) in [5.74, 6) is 0. The van der Waals surface area contributed by atoms with Crippen molar-refractivity contribution >= 4 is 7.92 Å². The number of hydrogen-bond acceptors (Lipinski definition) is 0. The van der Waals surface area contributed by atoms with Crippen LogP contribution in [0.25, 0.3) is 0 Å². The third-order valence-corrected chi connectivity index (χ3v) is 10.1. The Bertz CT molecular complexity index is 207. The van der Waals surface area contributed by atoms with Crippen LogP contribution in [0.2, 0.25) is 0 Å². The van der Waals surface area contributed by atoms with E-state index in [1.807, 2.05) is 0 Å². The molecular formula is C19H36NiP-. The summed E-state index contributed by atoms with van der Waals surface area (Å²) in [5, 5.41) is 0. The Labute approximate surface area is 145 Å². The van der Waals surface area contributed by atoms with E-state index in [1.54, 1.807) is 77.0 Å². The Morgan fingerprint density at radius 3 is 0.905 bits per heavy atom. The molecule has 3 saturated carbocycles. The predicted molar refractivity (Wildman–Crippen MR) is 94.0 cm³/mol. The molecule has 0 bridgehead atoms. The van der Waals surface area contributed by atoms with Gasteiger partial charge in [-0.05, 0) is 55.5 Å². The molecule has 0 amide bonds. The van der Waals surface area contributed by atoms with Crippen molar-refractivity contribution in [1.82, 2.24) is 0 Å². The molecule has 2 heteroatoms. The molecule has 0 saturated heterocycles. The van der Waals surface area contributed by atoms with E-state index in [4.69, 9.17) is 0 Å². The molecular weight excluding hydrogens is 318 g/mol. The maximum Gasteiger partial charge on any atom is 0 e. The smallest absolute Gasteiger partial charge is 0 e. The van der Waals surface area contributed by atoms with Gasteiger partial charge >= 0.3 is 0 Å². The zero-order valence-electron chi connectivity index (χ0n) is 14.1. The Balaban J connectivity index is 0.00000110. The molecule has 0 aliphatic heterocycles. The molecule has 128 valence electrons. The molecule has 0 aromatic rings. The van der Waals surface area contributed by atoms with E-state index in [1.165, 1.54) is 36.2 Å². The Morgan fingerprint density at radius 2 is 0.667 bits per heavy atom. The first-order chi connectivity index (χ1) is 9.45. The maximum atomic E-state index is 1.61. The average molecular weight is 354 g/mol. The van der Waals surface area contributed by atoms with Gasteiger partial charge in [-0.15, -0.1) is 0 Å². The Hall–Kier alpha value is 0.924. The SMILES string of the molecule is C1CCC(P(C2CCCCC2)C2CCCCC2)CC1.[CH3-].[Ni]. The average Bonchev–Trinajstić information content (AvgIpc) is 2.51. The van der Waals surface area contributed by atoms with E-state index in [9.17, 15) is 0 Å². The third-order valence-electron chi connectivity index (χ3n) is 5.99. The van der Waals surface area contributed by atoms with Gasteiger partial charge in [-0.2, -0.15) is 0 Å². The second kappa shape index (κ2) is 10.7. The molecule has 0 nitrogen and oxygen atoms in total. The van der Waals surface area contributed by atoms with Gasteiger partial charge in [-0.25, -0.2) is 0 Å². The van der Waals surface area contributed by atoms with Gasteiger partial charge in [0.15, 0.2) is 0 Å². The summed E-state index contributed by atoms with van der Waals surface area (Å²) in [5.41, 5.74) is 3.57. The second-order valence-corrected chi connectivity index (χ2v) is 10.4. The minimum absolute atomic E-state index is 0. The van der Waals surface area contributed by atoms with Crippen molar-refractivity contribution in [2.75, 3.05) is 0 Å². The van der Waals surface area contributed by atoms with Crippen molar-refractivity contribution in [2.24, 2.45) is 0 Å². The molecule has 3 aliphatic rings. The van der Waals surface area contributed by atoms with Crippen LogP contribution in [0.3, 0.4) is 0 Å². The zero-order chi connectivity index (χ0) is 12.9. The molecule has 0 aromatic heterocycles. The first-order valence-electron chi connectivity index (χ1n) is 9.22. The molecule has 3 aliphatic carbocycles. The largest absolute Gasteiger partial charge is 0.358 e. The van der Waals surface area contributed by atoms with E-state index in [2.05, 4.69) is 0 Å². The molecule has 0 unspecified atom stereocenters. The van der Waals surface area contributed by atoms with Crippen LogP contribution in [0.15, 0.2) is 0 Å². The van der Waals surface area contributed by atoms with Gasteiger partial charge in [0.2, 0.25) is 0 Å². The molecule has 0 spiro atoms. The summed E-state index contributed by atoms with van der Waals surface area (Å²) in [6, 6.07) is 0. The quantitative estimate of drug-likeness (QED) is 0.293. The van der Waals surface area contributed by atoms with Gasteiger partial charge in [-0.3, -0.25) is 0 Å². The summed E-state index contributed by atoms with van der Waals surface area (Å²) >= 11 is 0. The van der Waals surface area contributed by atoms with Gasteiger partial charge in [0.05, 0.1) is 0 Å². The molecule has 21 heavy (non-hydrogen) atoms. The summed E-state index contributed by atoms with van der Waals surface area (Å²) in [6.07, 6.45) is 23.6. The first-order valence-corrected chi connectivity index (χ1v) is 10.8. The molecule has 0 N–H and O–H groups in total. The fourth-order valence-electron chi connectivity index (χ4n) is 5.03. The minimum atomic E-state index is 0. The van der Waals surface area contributed by atoms with Crippen molar-refractivity contribution in [3.63, 3.8) is 0 Å². The minimum Gasteiger partial charge on any atom is -0.358 e. The molecule has 0 heterocycles. The molecule has 3 fully saturated rings. The van der Waals surface area contributed by atoms with Gasteiger partial charge in [-0.1, -0.05) is 65.7 Å². The monoisotopic (exact) mass is 353 g/mol. The molecule has 0 radical (unpaired) electrons. The Morgan fingerprint density at radius 1 is 0.429 bits per heavy atom. The van der Waals surface area contributed by atoms with E-state index in [-0.39, 0.29) is 23.9 Å². The number of hydrogen-bond donors (Lipinski definition) is 0. The van der Waals surface area contributed by atoms with Crippen molar-refractivity contribution < 1.29 is 16.5 Å². The van der Waals surface area contributed by atoms with E-state index < -0.39 is 0 Å². The third kappa shape index (κ3) is 5.50. The predicted octanol–water partition coefficient (Wildman–Crippen LogP) is 6.91. The van der Waals surface area contributed by atoms with Gasteiger partial charge < -0.3 is 7.43 Å². The van der Waals surface area contributed by atoms with Crippen molar-refractivity contribution in [3.05, 3.63) is 7.43 Å². The standard InChI is InChI=1S/C18H33P.CH3.Ni/c1-4-10-16(11-5-1)19(17-12-6-2-7-13-17)18-14-8-3-9-15-18;;/h16-18H,1-15H2;1H3;/q;-1;. The van der Waals surface area contributed by atoms with Crippen LogP contribution in [0.4, 0.5) is 0 Å². The van der Waals surface area contributed by atoms with E-state index in [0.717, 1.165) is 0 Å². The molecule has 0 aromatic carbocycles. The second-order valence-electron chi connectivity index (χ2n) is 7.32. The summed E-state index contributed by atoms with van der Waals surface area (Å²) in [4.78, 5) is 0. The van der Waals surface area contributed by atoms with Crippen LogP contribution in [0.1, 0.15) is 96.3 Å². The van der Waals surface area contributed by atoms with E-state index in [0.29, 0.717) is 7.92 Å². The van der Waals surface area contributed by atoms with Crippen molar-refractivity contribution in [1.29, 1.82) is 0 Å². The van der Waals surface area contributed by atoms with Crippen molar-refractivity contribution in [2.45, 2.75) is 113 Å². The normalized spacial score (nSPS) is 26.1. The summed E-state index contributed by atoms with van der Waals surface area (Å²) < 4.78 is 0. The van der Waals surface area contributed by atoms with Crippen LogP contribution < -0.4 is 0 Å². The fraction of sp³-hybridized carbons (Fsp3) is 0.947. The van der Waals surface area contributed by atoms with Crippen LogP contribution in [-0.2, 0) is 16.5 Å². The van der Waals surface area contributed by atoms with E-state index >= 15 is 0 Å². The topological polar surface area (TPSA) is 0 Å². The van der Waals surface area contributed by atoms with Crippen LogP contribution >= 0.6 is 7.92 Å². The first kappa shape index (κ1) is 20.0. The van der Waals surface area contributed by atoms with Crippen LogP contribution in [-0.4, -0.2) is 17.0 Å². The van der Waals surface area contributed by atoms with Crippen molar-refractivity contribution in [3.8, 4) is 0 Å². The van der Waals surface area contributed by atoms with Gasteiger partial charge in [0.1, 0.15) is 0 Å². The number of rotatable bonds is 3. The fourth-order valence-corrected chi connectivity index (χ4v) is 9.71. The summed E-state index contributed by atoms with van der Waals surface area (Å²) in [7, 11) is 0.385. The van der Waals surface area contributed by atoms with Crippen LogP contribution in [0, 0.1) is 7.43 Å². The molecule has 3 rings (SSSR count). The van der Waals surface area contributed by atoms with Gasteiger partial charge in [0.25, 0.3) is 0 Å². The zero-order valence-corrected chi connectivity index (χ0v) is 16.0.